The minimum absolute atomic E-state index is 0.0528. The van der Waals surface area contributed by atoms with E-state index in [1.54, 1.807) is 19.1 Å². The van der Waals surface area contributed by atoms with E-state index in [9.17, 15) is 19.1 Å². The Morgan fingerprint density at radius 2 is 2.14 bits per heavy atom. The minimum Gasteiger partial charge on any atom is -0.501 e. The molecule has 1 aliphatic carbocycles. The largest absolute Gasteiger partial charge is 0.501 e. The van der Waals surface area contributed by atoms with Gasteiger partial charge in [0.05, 0.1) is 13.2 Å². The quantitative estimate of drug-likeness (QED) is 0.842. The fraction of sp³-hybridized carbons (Fsp3) is 0.450. The molecule has 0 unspecified atom stereocenters. The van der Waals surface area contributed by atoms with Crippen LogP contribution in [0.3, 0.4) is 0 Å². The van der Waals surface area contributed by atoms with Gasteiger partial charge < -0.3 is 15.2 Å². The second-order valence-corrected chi connectivity index (χ2v) is 7.41. The monoisotopic (exact) mass is 387 g/mol. The van der Waals surface area contributed by atoms with E-state index in [1.807, 2.05) is 0 Å². The minimum atomic E-state index is -0.683. The molecule has 1 amide bonds. The van der Waals surface area contributed by atoms with E-state index in [-0.39, 0.29) is 18.1 Å². The number of halogens is 1. The van der Waals surface area contributed by atoms with Gasteiger partial charge in [-0.15, -0.1) is 0 Å². The molecule has 0 radical (unpaired) electrons. The summed E-state index contributed by atoms with van der Waals surface area (Å²) in [6.45, 7) is 2.37. The summed E-state index contributed by atoms with van der Waals surface area (Å²) >= 11 is 0. The van der Waals surface area contributed by atoms with Crippen molar-refractivity contribution in [3.05, 3.63) is 57.0 Å². The first kappa shape index (κ1) is 18.6. The molecular formula is C20H22FN3O4. The molecule has 4 rings (SSSR count). The summed E-state index contributed by atoms with van der Waals surface area (Å²) < 4.78 is 21.1. The van der Waals surface area contributed by atoms with E-state index in [1.165, 1.54) is 10.6 Å². The lowest BCUT2D eigenvalue weighted by molar-refractivity contribution is -0.0789. The predicted molar refractivity (Wildman–Crippen MR) is 98.6 cm³/mol. The van der Waals surface area contributed by atoms with E-state index in [0.29, 0.717) is 30.1 Å². The molecule has 2 heterocycles. The number of hydrogen-bond acceptors (Lipinski definition) is 5. The van der Waals surface area contributed by atoms with Crippen LogP contribution >= 0.6 is 0 Å². The van der Waals surface area contributed by atoms with Crippen LogP contribution in [0.1, 0.15) is 53.1 Å². The van der Waals surface area contributed by atoms with Gasteiger partial charge in [0.1, 0.15) is 17.2 Å². The van der Waals surface area contributed by atoms with Gasteiger partial charge in [-0.2, -0.15) is 0 Å². The summed E-state index contributed by atoms with van der Waals surface area (Å²) in [5.74, 6) is -1.31. The number of hydrogen-bond donors (Lipinski definition) is 2. The molecule has 0 saturated heterocycles. The van der Waals surface area contributed by atoms with Gasteiger partial charge in [-0.1, -0.05) is 12.1 Å². The summed E-state index contributed by atoms with van der Waals surface area (Å²) in [6, 6.07) is 4.67. The Morgan fingerprint density at radius 3 is 2.86 bits per heavy atom. The molecule has 1 saturated carbocycles. The van der Waals surface area contributed by atoms with Crippen LogP contribution in [-0.2, 0) is 23.4 Å². The number of carbonyl (C=O) groups excluding carboxylic acids is 1. The number of aromatic nitrogens is 2. The number of aromatic hydroxyl groups is 1. The van der Waals surface area contributed by atoms with E-state index in [2.05, 4.69) is 10.3 Å². The van der Waals surface area contributed by atoms with Gasteiger partial charge in [-0.3, -0.25) is 14.2 Å². The number of fused-ring (bicyclic) bond motifs is 2. The third kappa shape index (κ3) is 3.07. The fourth-order valence-corrected chi connectivity index (χ4v) is 3.98. The lowest BCUT2D eigenvalue weighted by atomic mass is 9.99. The van der Waals surface area contributed by atoms with E-state index >= 15 is 0 Å². The van der Waals surface area contributed by atoms with E-state index in [0.717, 1.165) is 25.7 Å². The Kier molecular flexibility index (Phi) is 4.66. The Balaban J connectivity index is 1.64. The molecule has 1 aliphatic heterocycles. The number of aryl methyl sites for hydroxylation is 1. The fourth-order valence-electron chi connectivity index (χ4n) is 3.98. The number of ether oxygens (including phenoxy) is 1. The van der Waals surface area contributed by atoms with Crippen molar-refractivity contribution < 1.29 is 19.0 Å². The maximum absolute atomic E-state index is 13.7. The van der Waals surface area contributed by atoms with Crippen LogP contribution in [0.5, 0.6) is 5.75 Å². The summed E-state index contributed by atoms with van der Waals surface area (Å²) in [6.07, 6.45) is 3.37. The van der Waals surface area contributed by atoms with E-state index < -0.39 is 22.8 Å². The van der Waals surface area contributed by atoms with Crippen molar-refractivity contribution in [2.24, 2.45) is 0 Å². The van der Waals surface area contributed by atoms with Crippen molar-refractivity contribution in [2.45, 2.75) is 51.3 Å². The highest BCUT2D eigenvalue weighted by molar-refractivity contribution is 5.94. The lowest BCUT2D eigenvalue weighted by Crippen LogP contribution is -2.44. The molecule has 2 aromatic rings. The van der Waals surface area contributed by atoms with Crippen LogP contribution in [0.2, 0.25) is 0 Å². The second-order valence-electron chi connectivity index (χ2n) is 7.41. The summed E-state index contributed by atoms with van der Waals surface area (Å²) in [5, 5.41) is 12.9. The first-order valence-corrected chi connectivity index (χ1v) is 9.43. The molecule has 0 atom stereocenters. The smallest absolute Gasteiger partial charge is 0.296 e. The molecule has 2 aliphatic rings. The Hall–Kier alpha value is -2.74. The Morgan fingerprint density at radius 1 is 1.39 bits per heavy atom. The standard InChI is InChI=1S/C20H22FN3O4/c1-12-4-5-13(10-14(12)21)11-22-17(26)15-16(25)18(27)24-8-9-28-20(19(24)23-15)6-2-3-7-20/h4-5,10,25H,2-3,6-9,11H2,1H3,(H,22,26). The highest BCUT2D eigenvalue weighted by Gasteiger charge is 2.44. The third-order valence-electron chi connectivity index (χ3n) is 5.56. The maximum Gasteiger partial charge on any atom is 0.296 e. The maximum atomic E-state index is 13.7. The van der Waals surface area contributed by atoms with Gasteiger partial charge in [0, 0.05) is 6.54 Å². The zero-order chi connectivity index (χ0) is 19.9. The number of rotatable bonds is 3. The molecule has 28 heavy (non-hydrogen) atoms. The molecule has 8 heteroatoms. The van der Waals surface area contributed by atoms with E-state index in [4.69, 9.17) is 4.74 Å². The van der Waals surface area contributed by atoms with Crippen LogP contribution < -0.4 is 10.9 Å². The Labute approximate surface area is 161 Å². The normalized spacial score (nSPS) is 17.5. The summed E-state index contributed by atoms with van der Waals surface area (Å²) in [7, 11) is 0. The van der Waals surface area contributed by atoms with Gasteiger partial charge in [-0.05, 0) is 49.8 Å². The van der Waals surface area contributed by atoms with Crippen molar-refractivity contribution in [2.75, 3.05) is 6.61 Å². The van der Waals surface area contributed by atoms with Gasteiger partial charge >= 0.3 is 0 Å². The number of carbonyl (C=O) groups is 1. The molecule has 148 valence electrons. The molecule has 1 aromatic heterocycles. The zero-order valence-electron chi connectivity index (χ0n) is 15.6. The highest BCUT2D eigenvalue weighted by Crippen LogP contribution is 2.42. The van der Waals surface area contributed by atoms with Crippen molar-refractivity contribution in [3.63, 3.8) is 0 Å². The van der Waals surface area contributed by atoms with Crippen LogP contribution in [0.4, 0.5) is 4.39 Å². The number of amides is 1. The molecule has 7 nitrogen and oxygen atoms in total. The summed E-state index contributed by atoms with van der Waals surface area (Å²) in [5.41, 5.74) is -0.535. The zero-order valence-corrected chi connectivity index (χ0v) is 15.6. The van der Waals surface area contributed by atoms with Crippen LogP contribution in [-0.4, -0.2) is 27.2 Å². The van der Waals surface area contributed by atoms with Crippen molar-refractivity contribution >= 4 is 5.91 Å². The molecule has 2 N–H and O–H groups in total. The number of nitrogens with one attached hydrogen (secondary N) is 1. The highest BCUT2D eigenvalue weighted by atomic mass is 19.1. The van der Waals surface area contributed by atoms with Crippen molar-refractivity contribution in [1.29, 1.82) is 0 Å². The molecule has 1 spiro atoms. The third-order valence-corrected chi connectivity index (χ3v) is 5.56. The average molecular weight is 387 g/mol. The first-order valence-electron chi connectivity index (χ1n) is 9.43. The molecule has 1 fully saturated rings. The SMILES string of the molecule is Cc1ccc(CNC(=O)c2nc3n(c(=O)c2O)CCOC32CCCC2)cc1F. The average Bonchev–Trinajstić information content (AvgIpc) is 3.15. The lowest BCUT2D eigenvalue weighted by Gasteiger charge is -2.35. The van der Waals surface area contributed by atoms with Gasteiger partial charge in [0.25, 0.3) is 11.5 Å². The molecule has 0 bridgehead atoms. The Bertz CT molecular complexity index is 996. The predicted octanol–water partition coefficient (Wildman–Crippen LogP) is 2.13. The van der Waals surface area contributed by atoms with Crippen LogP contribution in [0.25, 0.3) is 0 Å². The molecular weight excluding hydrogens is 365 g/mol. The number of nitrogens with zero attached hydrogens (tertiary/aromatic N) is 2. The van der Waals surface area contributed by atoms with Crippen LogP contribution in [0, 0.1) is 12.7 Å². The van der Waals surface area contributed by atoms with Crippen molar-refractivity contribution in [3.8, 4) is 5.75 Å². The summed E-state index contributed by atoms with van der Waals surface area (Å²) in [4.78, 5) is 29.6. The van der Waals surface area contributed by atoms with Crippen molar-refractivity contribution in [1.82, 2.24) is 14.9 Å². The van der Waals surface area contributed by atoms with Gasteiger partial charge in [0.15, 0.2) is 5.69 Å². The topological polar surface area (TPSA) is 93.5 Å². The van der Waals surface area contributed by atoms with Gasteiger partial charge in [0.2, 0.25) is 5.75 Å². The first-order chi connectivity index (χ1) is 13.4. The second kappa shape index (κ2) is 7.01. The molecule has 1 aromatic carbocycles. The van der Waals surface area contributed by atoms with Crippen LogP contribution in [0.15, 0.2) is 23.0 Å². The number of benzene rings is 1. The van der Waals surface area contributed by atoms with Gasteiger partial charge in [-0.25, -0.2) is 9.37 Å².